The van der Waals surface area contributed by atoms with Crippen molar-refractivity contribution >= 4 is 44.6 Å². The number of carbonyl (C=O) groups excluding carboxylic acids is 1. The van der Waals surface area contributed by atoms with E-state index in [1.54, 1.807) is 52.9 Å². The Labute approximate surface area is 178 Å². The van der Waals surface area contributed by atoms with Gasteiger partial charge in [-0.2, -0.15) is 4.31 Å². The lowest BCUT2D eigenvalue weighted by Crippen LogP contribution is -2.41. The minimum Gasteiger partial charge on any atom is -0.326 e. The van der Waals surface area contributed by atoms with E-state index in [1.165, 1.54) is 15.6 Å². The van der Waals surface area contributed by atoms with Crippen LogP contribution in [0.1, 0.15) is 12.8 Å². The predicted molar refractivity (Wildman–Crippen MR) is 113 cm³/mol. The first-order valence-corrected chi connectivity index (χ1v) is 11.8. The van der Waals surface area contributed by atoms with E-state index < -0.39 is 10.0 Å². The molecule has 0 spiro atoms. The molecule has 0 atom stereocenters. The van der Waals surface area contributed by atoms with Gasteiger partial charge in [0.2, 0.25) is 5.91 Å². The number of halogens is 1. The molecule has 0 bridgehead atoms. The predicted octanol–water partition coefficient (Wildman–Crippen LogP) is 3.63. The van der Waals surface area contributed by atoms with Gasteiger partial charge in [-0.3, -0.25) is 4.79 Å². The Bertz CT molecular complexity index is 1090. The molecule has 10 heteroatoms. The molecule has 0 saturated carbocycles. The summed E-state index contributed by atoms with van der Waals surface area (Å²) < 4.78 is 28.8. The maximum absolute atomic E-state index is 12.6. The van der Waals surface area contributed by atoms with Crippen molar-refractivity contribution in [3.8, 4) is 5.69 Å². The second-order valence-corrected chi connectivity index (χ2v) is 10.3. The molecular weight excluding hydrogens is 432 g/mol. The number of imidazole rings is 1. The molecule has 1 aliphatic rings. The number of hydrogen-bond acceptors (Lipinski definition) is 5. The normalized spacial score (nSPS) is 16.0. The zero-order chi connectivity index (χ0) is 20.4. The Kier molecular flexibility index (Phi) is 5.73. The average molecular weight is 451 g/mol. The van der Waals surface area contributed by atoms with Gasteiger partial charge < -0.3 is 9.88 Å². The number of piperidine rings is 1. The largest absolute Gasteiger partial charge is 0.326 e. The number of nitrogens with one attached hydrogen (secondary N) is 1. The Morgan fingerprint density at radius 2 is 2.03 bits per heavy atom. The van der Waals surface area contributed by atoms with Crippen molar-refractivity contribution in [2.24, 2.45) is 5.92 Å². The number of aromatic nitrogens is 2. The van der Waals surface area contributed by atoms with Crippen molar-refractivity contribution in [3.63, 3.8) is 0 Å². The van der Waals surface area contributed by atoms with E-state index >= 15 is 0 Å². The summed E-state index contributed by atoms with van der Waals surface area (Å²) in [4.78, 5) is 16.6. The van der Waals surface area contributed by atoms with Crippen molar-refractivity contribution < 1.29 is 13.2 Å². The van der Waals surface area contributed by atoms with Crippen LogP contribution >= 0.6 is 22.9 Å². The molecule has 0 aliphatic carbocycles. The quantitative estimate of drug-likeness (QED) is 0.643. The van der Waals surface area contributed by atoms with Gasteiger partial charge in [0, 0.05) is 37.1 Å². The smallest absolute Gasteiger partial charge is 0.252 e. The third kappa shape index (κ3) is 4.23. The van der Waals surface area contributed by atoms with E-state index in [2.05, 4.69) is 10.3 Å². The Hall–Kier alpha value is -2.20. The molecule has 3 aromatic rings. The summed E-state index contributed by atoms with van der Waals surface area (Å²) in [6.45, 7) is 0.664. The van der Waals surface area contributed by atoms with Crippen LogP contribution in [-0.4, -0.2) is 41.3 Å². The number of benzene rings is 1. The summed E-state index contributed by atoms with van der Waals surface area (Å²) in [5.74, 6) is -0.360. The third-order valence-electron chi connectivity index (χ3n) is 4.91. The zero-order valence-corrected chi connectivity index (χ0v) is 17.8. The van der Waals surface area contributed by atoms with E-state index in [-0.39, 0.29) is 11.8 Å². The highest BCUT2D eigenvalue weighted by molar-refractivity contribution is 7.91. The fraction of sp³-hybridized carbons (Fsp3) is 0.263. The first-order valence-electron chi connectivity index (χ1n) is 9.07. The highest BCUT2D eigenvalue weighted by atomic mass is 35.5. The van der Waals surface area contributed by atoms with Gasteiger partial charge in [0.25, 0.3) is 10.0 Å². The van der Waals surface area contributed by atoms with Crippen LogP contribution in [0.4, 0.5) is 5.69 Å². The second kappa shape index (κ2) is 8.27. The summed E-state index contributed by atoms with van der Waals surface area (Å²) >= 11 is 7.54. The van der Waals surface area contributed by atoms with E-state index in [4.69, 9.17) is 11.6 Å². The Morgan fingerprint density at radius 1 is 1.24 bits per heavy atom. The standard InChI is InChI=1S/C19H19ClN4O3S2/c20-16-12-15(3-4-17(16)23-10-7-21-13-23)22-19(25)14-5-8-24(9-6-14)29(26,27)18-2-1-11-28-18/h1-4,7,10-14H,5-6,8-9H2,(H,22,25). The van der Waals surface area contributed by atoms with Gasteiger partial charge in [-0.15, -0.1) is 11.3 Å². The van der Waals surface area contributed by atoms with Crippen molar-refractivity contribution in [1.82, 2.24) is 13.9 Å². The van der Waals surface area contributed by atoms with Crippen LogP contribution in [0.15, 0.2) is 58.6 Å². The van der Waals surface area contributed by atoms with Gasteiger partial charge in [0.15, 0.2) is 0 Å². The van der Waals surface area contributed by atoms with Crippen LogP contribution in [0.3, 0.4) is 0 Å². The monoisotopic (exact) mass is 450 g/mol. The van der Waals surface area contributed by atoms with Crippen LogP contribution in [0.5, 0.6) is 0 Å². The molecule has 2 aromatic heterocycles. The first-order chi connectivity index (χ1) is 13.9. The maximum atomic E-state index is 12.6. The number of carbonyl (C=O) groups is 1. The minimum atomic E-state index is -3.46. The summed E-state index contributed by atoms with van der Waals surface area (Å²) in [7, 11) is -3.46. The Morgan fingerprint density at radius 3 is 2.66 bits per heavy atom. The first kappa shape index (κ1) is 20.1. The van der Waals surface area contributed by atoms with Crippen molar-refractivity contribution in [2.45, 2.75) is 17.1 Å². The molecule has 0 unspecified atom stereocenters. The van der Waals surface area contributed by atoms with Gasteiger partial charge >= 0.3 is 0 Å². The second-order valence-electron chi connectivity index (χ2n) is 6.74. The molecule has 152 valence electrons. The number of thiophene rings is 1. The number of nitrogens with zero attached hydrogens (tertiary/aromatic N) is 3. The molecule has 4 rings (SSSR count). The van der Waals surface area contributed by atoms with Crippen LogP contribution in [-0.2, 0) is 14.8 Å². The van der Waals surface area contributed by atoms with Crippen LogP contribution in [0, 0.1) is 5.92 Å². The van der Waals surface area contributed by atoms with E-state index in [1.807, 2.05) is 6.07 Å². The summed E-state index contributed by atoms with van der Waals surface area (Å²) in [5, 5.41) is 5.14. The van der Waals surface area contributed by atoms with E-state index in [0.29, 0.717) is 40.9 Å². The topological polar surface area (TPSA) is 84.3 Å². The molecule has 3 heterocycles. The van der Waals surface area contributed by atoms with E-state index in [0.717, 1.165) is 5.69 Å². The molecule has 1 saturated heterocycles. The average Bonchev–Trinajstić information content (AvgIpc) is 3.42. The molecule has 29 heavy (non-hydrogen) atoms. The number of rotatable bonds is 5. The highest BCUT2D eigenvalue weighted by Gasteiger charge is 2.32. The van der Waals surface area contributed by atoms with Gasteiger partial charge in [-0.25, -0.2) is 13.4 Å². The summed E-state index contributed by atoms with van der Waals surface area (Å²) in [6, 6.07) is 8.63. The minimum absolute atomic E-state index is 0.121. The number of sulfonamides is 1. The van der Waals surface area contributed by atoms with E-state index in [9.17, 15) is 13.2 Å². The van der Waals surface area contributed by atoms with Crippen molar-refractivity contribution in [2.75, 3.05) is 18.4 Å². The lowest BCUT2D eigenvalue weighted by molar-refractivity contribution is -0.120. The number of amides is 1. The van der Waals surface area contributed by atoms with Crippen LogP contribution < -0.4 is 5.32 Å². The molecule has 1 amide bonds. The lowest BCUT2D eigenvalue weighted by Gasteiger charge is -2.30. The Balaban J connectivity index is 1.37. The lowest BCUT2D eigenvalue weighted by atomic mass is 9.97. The zero-order valence-electron chi connectivity index (χ0n) is 15.4. The van der Waals surface area contributed by atoms with Crippen LogP contribution in [0.2, 0.25) is 5.02 Å². The van der Waals surface area contributed by atoms with Crippen LogP contribution in [0.25, 0.3) is 5.69 Å². The van der Waals surface area contributed by atoms with Gasteiger partial charge in [-0.1, -0.05) is 17.7 Å². The molecule has 1 aromatic carbocycles. The van der Waals surface area contributed by atoms with Crippen molar-refractivity contribution in [1.29, 1.82) is 0 Å². The summed E-state index contributed by atoms with van der Waals surface area (Å²) in [5.41, 5.74) is 1.38. The van der Waals surface area contributed by atoms with Gasteiger partial charge in [0.05, 0.1) is 17.0 Å². The molecule has 7 nitrogen and oxygen atoms in total. The third-order valence-corrected chi connectivity index (χ3v) is 8.49. The molecule has 1 fully saturated rings. The fourth-order valence-corrected chi connectivity index (χ4v) is 6.23. The molecular formula is C19H19ClN4O3S2. The molecule has 1 N–H and O–H groups in total. The summed E-state index contributed by atoms with van der Waals surface area (Å²) in [6.07, 6.45) is 6.07. The van der Waals surface area contributed by atoms with Crippen molar-refractivity contribution in [3.05, 3.63) is 59.5 Å². The fourth-order valence-electron chi connectivity index (χ4n) is 3.34. The number of anilines is 1. The van der Waals surface area contributed by atoms with Gasteiger partial charge in [0.1, 0.15) is 4.21 Å². The van der Waals surface area contributed by atoms with Gasteiger partial charge in [-0.05, 0) is 42.5 Å². The molecule has 1 aliphatic heterocycles. The maximum Gasteiger partial charge on any atom is 0.252 e. The number of hydrogen-bond donors (Lipinski definition) is 1. The molecule has 0 radical (unpaired) electrons. The SMILES string of the molecule is O=C(Nc1ccc(-n2ccnc2)c(Cl)c1)C1CCN(S(=O)(=O)c2cccs2)CC1. The highest BCUT2D eigenvalue weighted by Crippen LogP contribution is 2.28.